The van der Waals surface area contributed by atoms with E-state index < -0.39 is 7.40 Å². The Kier molecular flexibility index (Phi) is 5.98. The van der Waals surface area contributed by atoms with Crippen LogP contribution in [0, 0.1) is 0 Å². The first kappa shape index (κ1) is 8.91. The van der Waals surface area contributed by atoms with Gasteiger partial charge < -0.3 is 9.68 Å². The molecular weight excluding hydrogens is 122 g/mol. The summed E-state index contributed by atoms with van der Waals surface area (Å²) in [5.41, 5.74) is 0. The molecule has 9 heavy (non-hydrogen) atoms. The lowest BCUT2D eigenvalue weighted by atomic mass is 10.2. The highest BCUT2D eigenvalue weighted by molar-refractivity contribution is 6.33. The van der Waals surface area contributed by atoms with E-state index in [0.29, 0.717) is 6.61 Å². The van der Waals surface area contributed by atoms with Crippen molar-refractivity contribution in [1.82, 2.24) is 0 Å². The van der Waals surface area contributed by atoms with Crippen molar-refractivity contribution in [3.05, 3.63) is 0 Å². The van der Waals surface area contributed by atoms with Crippen LogP contribution in [-0.4, -0.2) is 19.0 Å². The summed E-state index contributed by atoms with van der Waals surface area (Å²) in [6, 6.07) is 0. The van der Waals surface area contributed by atoms with E-state index in [4.69, 9.17) is 5.02 Å². The summed E-state index contributed by atoms with van der Waals surface area (Å²) in [4.78, 5) is 0. The number of halogens is 1. The molecule has 0 radical (unpaired) electrons. The molecule has 0 fully saturated rings. The van der Waals surface area contributed by atoms with Crippen LogP contribution in [0.2, 0.25) is 0 Å². The molecule has 0 saturated heterocycles. The number of hydrogen-bond donors (Lipinski definition) is 1. The molecule has 0 amide bonds. The molecule has 2 nitrogen and oxygen atoms in total. The molecule has 0 aromatic rings. The zero-order valence-corrected chi connectivity index (χ0v) is 5.64. The Labute approximate surface area is 55.2 Å². The number of unbranched alkanes of at least 4 members (excludes halogenated alkanes) is 2. The van der Waals surface area contributed by atoms with Crippen LogP contribution in [0.5, 0.6) is 0 Å². The largest absolute Gasteiger partial charge is 0.677 e. The Hall–Kier alpha value is -0.0851. The van der Waals surface area contributed by atoms with Crippen LogP contribution in [0.3, 0.4) is 0 Å². The molecular formula is C5H12BFO2. The van der Waals surface area contributed by atoms with E-state index in [1.807, 2.05) is 6.92 Å². The maximum atomic E-state index is 11.5. The first-order valence-electron chi connectivity index (χ1n) is 3.21. The lowest BCUT2D eigenvalue weighted by Crippen LogP contribution is -2.11. The van der Waals surface area contributed by atoms with Crippen molar-refractivity contribution in [2.75, 3.05) is 6.61 Å². The molecule has 0 aromatic heterocycles. The van der Waals surface area contributed by atoms with Gasteiger partial charge in [-0.2, -0.15) is 0 Å². The molecule has 0 aliphatic heterocycles. The Morgan fingerprint density at radius 1 is 1.56 bits per heavy atom. The van der Waals surface area contributed by atoms with Crippen molar-refractivity contribution in [3.8, 4) is 0 Å². The van der Waals surface area contributed by atoms with E-state index in [9.17, 15) is 4.32 Å². The summed E-state index contributed by atoms with van der Waals surface area (Å²) in [5.74, 6) is 0. The SMILES string of the molecule is CCCCCOB(O)F. The van der Waals surface area contributed by atoms with Gasteiger partial charge in [-0.3, -0.25) is 4.32 Å². The third-order valence-electron chi connectivity index (χ3n) is 1.00. The molecule has 0 aliphatic carbocycles. The second-order valence-electron chi connectivity index (χ2n) is 1.87. The fraction of sp³-hybridized carbons (Fsp3) is 1.00. The molecule has 0 aliphatic rings. The second-order valence-corrected chi connectivity index (χ2v) is 1.87. The van der Waals surface area contributed by atoms with Crippen molar-refractivity contribution >= 4 is 7.40 Å². The smallest absolute Gasteiger partial charge is 0.398 e. The van der Waals surface area contributed by atoms with Crippen molar-refractivity contribution < 1.29 is 14.0 Å². The minimum atomic E-state index is -2.10. The second kappa shape index (κ2) is 6.04. The first-order chi connectivity index (χ1) is 4.27. The van der Waals surface area contributed by atoms with Crippen LogP contribution >= 0.6 is 0 Å². The zero-order chi connectivity index (χ0) is 7.11. The van der Waals surface area contributed by atoms with Gasteiger partial charge in [0.2, 0.25) is 0 Å². The maximum Gasteiger partial charge on any atom is 0.677 e. The molecule has 4 heteroatoms. The Bertz CT molecular complexity index is 60.9. The predicted molar refractivity (Wildman–Crippen MR) is 34.6 cm³/mol. The molecule has 0 atom stereocenters. The van der Waals surface area contributed by atoms with Gasteiger partial charge in [-0.15, -0.1) is 0 Å². The highest BCUT2D eigenvalue weighted by atomic mass is 19.1. The van der Waals surface area contributed by atoms with Crippen LogP contribution in [-0.2, 0) is 4.65 Å². The van der Waals surface area contributed by atoms with Gasteiger partial charge in [0.05, 0.1) is 0 Å². The molecule has 0 aromatic carbocycles. The maximum absolute atomic E-state index is 11.5. The Morgan fingerprint density at radius 3 is 2.67 bits per heavy atom. The summed E-state index contributed by atoms with van der Waals surface area (Å²) in [5, 5.41) is 7.96. The molecule has 0 bridgehead atoms. The fourth-order valence-corrected chi connectivity index (χ4v) is 0.533. The van der Waals surface area contributed by atoms with Crippen LogP contribution < -0.4 is 0 Å². The molecule has 54 valence electrons. The lowest BCUT2D eigenvalue weighted by Gasteiger charge is -1.97. The van der Waals surface area contributed by atoms with E-state index in [1.165, 1.54) is 0 Å². The molecule has 0 heterocycles. The standard InChI is InChI=1S/C5H12BFO2/c1-2-3-4-5-9-6(7)8/h8H,2-5H2,1H3. The quantitative estimate of drug-likeness (QED) is 0.451. The third kappa shape index (κ3) is 7.91. The topological polar surface area (TPSA) is 29.5 Å². The van der Waals surface area contributed by atoms with Gasteiger partial charge in [-0.05, 0) is 6.42 Å². The van der Waals surface area contributed by atoms with Crippen molar-refractivity contribution in [2.45, 2.75) is 26.2 Å². The molecule has 0 spiro atoms. The average Bonchev–Trinajstić information content (AvgIpc) is 1.80. The number of rotatable bonds is 5. The lowest BCUT2D eigenvalue weighted by molar-refractivity contribution is 0.215. The van der Waals surface area contributed by atoms with Gasteiger partial charge in [0, 0.05) is 6.61 Å². The molecule has 0 rings (SSSR count). The average molecular weight is 134 g/mol. The minimum Gasteiger partial charge on any atom is -0.398 e. The van der Waals surface area contributed by atoms with Gasteiger partial charge in [-0.25, -0.2) is 0 Å². The van der Waals surface area contributed by atoms with E-state index >= 15 is 0 Å². The predicted octanol–water partition coefficient (Wildman–Crippen LogP) is 1.14. The van der Waals surface area contributed by atoms with Crippen LogP contribution in [0.25, 0.3) is 0 Å². The Balaban J connectivity index is 2.75. The van der Waals surface area contributed by atoms with Crippen LogP contribution in [0.4, 0.5) is 4.32 Å². The van der Waals surface area contributed by atoms with Gasteiger partial charge >= 0.3 is 7.40 Å². The third-order valence-corrected chi connectivity index (χ3v) is 1.00. The summed E-state index contributed by atoms with van der Waals surface area (Å²) in [6.07, 6.45) is 2.91. The monoisotopic (exact) mass is 134 g/mol. The Morgan fingerprint density at radius 2 is 2.22 bits per heavy atom. The summed E-state index contributed by atoms with van der Waals surface area (Å²) in [6.45, 7) is 2.36. The minimum absolute atomic E-state index is 0.311. The highest BCUT2D eigenvalue weighted by Gasteiger charge is 2.09. The molecule has 1 N–H and O–H groups in total. The van der Waals surface area contributed by atoms with E-state index in [1.54, 1.807) is 0 Å². The van der Waals surface area contributed by atoms with Gasteiger partial charge in [0.25, 0.3) is 0 Å². The van der Waals surface area contributed by atoms with Gasteiger partial charge in [0.15, 0.2) is 0 Å². The highest BCUT2D eigenvalue weighted by Crippen LogP contribution is 1.94. The first-order valence-corrected chi connectivity index (χ1v) is 3.21. The van der Waals surface area contributed by atoms with Crippen LogP contribution in [0.1, 0.15) is 26.2 Å². The van der Waals surface area contributed by atoms with Crippen molar-refractivity contribution in [3.63, 3.8) is 0 Å². The van der Waals surface area contributed by atoms with Gasteiger partial charge in [-0.1, -0.05) is 19.8 Å². The molecule has 0 unspecified atom stereocenters. The van der Waals surface area contributed by atoms with E-state index in [-0.39, 0.29) is 0 Å². The normalized spacial score (nSPS) is 9.67. The molecule has 0 saturated carbocycles. The number of hydrogen-bond acceptors (Lipinski definition) is 2. The van der Waals surface area contributed by atoms with Crippen LogP contribution in [0.15, 0.2) is 0 Å². The summed E-state index contributed by atoms with van der Waals surface area (Å²) < 4.78 is 15.7. The van der Waals surface area contributed by atoms with Crippen molar-refractivity contribution in [1.29, 1.82) is 0 Å². The van der Waals surface area contributed by atoms with Crippen molar-refractivity contribution in [2.24, 2.45) is 0 Å². The summed E-state index contributed by atoms with van der Waals surface area (Å²) in [7, 11) is -2.10. The van der Waals surface area contributed by atoms with E-state index in [0.717, 1.165) is 19.3 Å². The summed E-state index contributed by atoms with van der Waals surface area (Å²) >= 11 is 0. The zero-order valence-electron chi connectivity index (χ0n) is 5.64. The fourth-order valence-electron chi connectivity index (χ4n) is 0.533. The van der Waals surface area contributed by atoms with Gasteiger partial charge in [0.1, 0.15) is 0 Å². The van der Waals surface area contributed by atoms with E-state index in [2.05, 4.69) is 4.65 Å².